The Labute approximate surface area is 128 Å². The van der Waals surface area contributed by atoms with Crippen molar-refractivity contribution in [3.05, 3.63) is 0 Å². The van der Waals surface area contributed by atoms with Crippen LogP contribution in [0.15, 0.2) is 0 Å². The Kier molecular flexibility index (Phi) is 9.78. The summed E-state index contributed by atoms with van der Waals surface area (Å²) in [5.41, 5.74) is 4.72. The highest BCUT2D eigenvalue weighted by Crippen LogP contribution is 2.45. The van der Waals surface area contributed by atoms with Gasteiger partial charge in [0, 0.05) is 18.7 Å². The van der Waals surface area contributed by atoms with E-state index in [0.29, 0.717) is 17.8 Å². The molecule has 4 unspecified atom stereocenters. The van der Waals surface area contributed by atoms with Crippen LogP contribution in [-0.4, -0.2) is 52.1 Å². The maximum atomic E-state index is 6.26. The van der Waals surface area contributed by atoms with Gasteiger partial charge in [-0.3, -0.25) is 4.90 Å². The molecule has 118 valence electrons. The molecule has 2 rings (SSSR count). The van der Waals surface area contributed by atoms with Gasteiger partial charge in [-0.15, -0.1) is 0 Å². The van der Waals surface area contributed by atoms with Crippen LogP contribution < -0.4 is 5.73 Å². The van der Waals surface area contributed by atoms with Gasteiger partial charge in [0.25, 0.3) is 0 Å². The molecule has 1 aliphatic carbocycles. The molecule has 0 aromatic carbocycles. The van der Waals surface area contributed by atoms with E-state index >= 15 is 0 Å². The maximum absolute atomic E-state index is 6.26. The number of hydrogen-bond acceptors (Lipinski definition) is 3. The molecule has 1 heterocycles. The molecule has 2 radical (unpaired) electrons. The van der Waals surface area contributed by atoms with Crippen LogP contribution in [0.2, 0.25) is 5.82 Å². The average Bonchev–Trinajstić information content (AvgIpc) is 2.48. The van der Waals surface area contributed by atoms with Crippen LogP contribution in [0, 0.1) is 5.92 Å². The van der Waals surface area contributed by atoms with Crippen molar-refractivity contribution in [2.75, 3.05) is 27.8 Å². The van der Waals surface area contributed by atoms with Gasteiger partial charge < -0.3 is 10.5 Å². The molecule has 1 aliphatic heterocycles. The summed E-state index contributed by atoms with van der Waals surface area (Å²) in [6.07, 6.45) is 6.31. The topological polar surface area (TPSA) is 38.5 Å². The van der Waals surface area contributed by atoms with Gasteiger partial charge in [0.15, 0.2) is 0 Å². The number of nitrogens with two attached hydrogens (primary N) is 1. The lowest BCUT2D eigenvalue weighted by molar-refractivity contribution is -0.0558. The lowest BCUT2D eigenvalue weighted by Crippen LogP contribution is -2.59. The summed E-state index contributed by atoms with van der Waals surface area (Å²) < 4.78 is 5.39. The lowest BCUT2D eigenvalue weighted by Gasteiger charge is -2.54. The first-order valence-corrected chi connectivity index (χ1v) is 8.14. The van der Waals surface area contributed by atoms with Crippen LogP contribution in [-0.2, 0) is 4.74 Å². The van der Waals surface area contributed by atoms with Crippen LogP contribution >= 0.6 is 0 Å². The first kappa shape index (κ1) is 19.9. The second kappa shape index (κ2) is 9.80. The minimum absolute atomic E-state index is 0.215. The lowest BCUT2D eigenvalue weighted by atomic mass is 9.61. The quantitative estimate of drug-likeness (QED) is 0.791. The number of piperidine rings is 1. The van der Waals surface area contributed by atoms with E-state index in [9.17, 15) is 0 Å². The van der Waals surface area contributed by atoms with Gasteiger partial charge in [0.1, 0.15) is 0 Å². The van der Waals surface area contributed by atoms with E-state index in [1.807, 2.05) is 13.8 Å². The van der Waals surface area contributed by atoms with E-state index in [1.165, 1.54) is 39.2 Å². The number of methoxy groups -OCH3 is 1. The predicted octanol–water partition coefficient (Wildman–Crippen LogP) is 2.84. The molecule has 0 amide bonds. The molecule has 0 aromatic rings. The van der Waals surface area contributed by atoms with Crippen LogP contribution in [0.25, 0.3) is 0 Å². The van der Waals surface area contributed by atoms with Crippen molar-refractivity contribution in [2.24, 2.45) is 11.7 Å². The third-order valence-corrected chi connectivity index (χ3v) is 4.90. The zero-order chi connectivity index (χ0) is 15.8. The molecule has 2 N–H and O–H groups in total. The largest absolute Gasteiger partial charge is 0.383 e. The van der Waals surface area contributed by atoms with Gasteiger partial charge in [0.05, 0.1) is 14.5 Å². The number of ether oxygens (including phenoxy) is 1. The van der Waals surface area contributed by atoms with E-state index in [4.69, 9.17) is 12.6 Å². The molecule has 0 spiro atoms. The van der Waals surface area contributed by atoms with E-state index in [-0.39, 0.29) is 5.54 Å². The van der Waals surface area contributed by atoms with Crippen LogP contribution in [0.5, 0.6) is 0 Å². The minimum Gasteiger partial charge on any atom is -0.383 e. The molecular weight excluding hydrogens is 247 g/mol. The van der Waals surface area contributed by atoms with Crippen LogP contribution in [0.4, 0.5) is 0 Å². The van der Waals surface area contributed by atoms with Crippen molar-refractivity contribution in [3.63, 3.8) is 0 Å². The summed E-state index contributed by atoms with van der Waals surface area (Å²) in [6, 6.07) is 0.678. The fourth-order valence-corrected chi connectivity index (χ4v) is 3.70. The van der Waals surface area contributed by atoms with Gasteiger partial charge in [-0.2, -0.15) is 0 Å². The molecule has 3 nitrogen and oxygen atoms in total. The van der Waals surface area contributed by atoms with Gasteiger partial charge in [-0.25, -0.2) is 0 Å². The first-order valence-electron chi connectivity index (χ1n) is 8.14. The van der Waals surface area contributed by atoms with Crippen LogP contribution in [0.3, 0.4) is 0 Å². The average molecular weight is 282 g/mol. The number of fused-ring (bicyclic) bond motifs is 1. The number of likely N-dealkylation sites (tertiary alicyclic amines) is 1. The highest BCUT2D eigenvalue weighted by Gasteiger charge is 2.44. The Morgan fingerprint density at radius 1 is 1.25 bits per heavy atom. The fraction of sp³-hybridized carbons (Fsp3) is 1.00. The van der Waals surface area contributed by atoms with E-state index < -0.39 is 0 Å². The van der Waals surface area contributed by atoms with Crippen molar-refractivity contribution in [3.8, 4) is 0 Å². The highest BCUT2D eigenvalue weighted by atomic mass is 16.5. The van der Waals surface area contributed by atoms with E-state index in [1.54, 1.807) is 7.11 Å². The van der Waals surface area contributed by atoms with Gasteiger partial charge in [-0.1, -0.05) is 32.5 Å². The second-order valence-corrected chi connectivity index (χ2v) is 5.91. The van der Waals surface area contributed by atoms with E-state index in [2.05, 4.69) is 24.6 Å². The number of rotatable bonds is 2. The Hall–Kier alpha value is -0.0551. The van der Waals surface area contributed by atoms with Crippen LogP contribution in [0.1, 0.15) is 52.9 Å². The van der Waals surface area contributed by atoms with Crippen molar-refractivity contribution in [2.45, 2.75) is 70.3 Å². The molecule has 4 atom stereocenters. The first-order chi connectivity index (χ1) is 9.58. The van der Waals surface area contributed by atoms with Gasteiger partial charge in [-0.05, 0) is 46.2 Å². The molecular formula is C16H35BN2O. The normalized spacial score (nSPS) is 36.9. The van der Waals surface area contributed by atoms with Crippen molar-refractivity contribution in [1.82, 2.24) is 4.90 Å². The summed E-state index contributed by atoms with van der Waals surface area (Å²) in [7, 11) is 11.8. The Balaban J connectivity index is 0.000000829. The fourth-order valence-electron chi connectivity index (χ4n) is 3.70. The Bertz CT molecular complexity index is 253. The van der Waals surface area contributed by atoms with Crippen molar-refractivity contribution < 1.29 is 4.74 Å². The molecule has 20 heavy (non-hydrogen) atoms. The van der Waals surface area contributed by atoms with Crippen molar-refractivity contribution >= 4 is 7.85 Å². The predicted molar refractivity (Wildman–Crippen MR) is 89.4 cm³/mol. The highest BCUT2D eigenvalue weighted by molar-refractivity contribution is 6.11. The number of hydrogen-bond donors (Lipinski definition) is 1. The minimum atomic E-state index is 0.215. The third-order valence-electron chi connectivity index (χ3n) is 4.90. The summed E-state index contributed by atoms with van der Waals surface area (Å²) in [5, 5.41) is 0. The third kappa shape index (κ3) is 4.47. The van der Waals surface area contributed by atoms with Crippen molar-refractivity contribution in [1.29, 1.82) is 0 Å². The smallest absolute Gasteiger partial charge is 0.0704 e. The molecule has 1 saturated carbocycles. The molecule has 2 fully saturated rings. The number of likely N-dealkylation sites (N-methyl/N-ethyl adjacent to an activating group) is 1. The van der Waals surface area contributed by atoms with Gasteiger partial charge >= 0.3 is 0 Å². The monoisotopic (exact) mass is 282 g/mol. The molecule has 1 saturated heterocycles. The summed E-state index contributed by atoms with van der Waals surface area (Å²) in [6.45, 7) is 7.16. The summed E-state index contributed by atoms with van der Waals surface area (Å²) in [5.74, 6) is 1.14. The molecule has 0 aromatic heterocycles. The zero-order valence-corrected chi connectivity index (χ0v) is 14.5. The molecule has 2 aliphatic rings. The maximum Gasteiger partial charge on any atom is 0.0704 e. The molecule has 4 heteroatoms. The SMILES string of the molecule is CC.CN.[B]C1CCCC2C1CCC(C)(COC)N2C. The number of nitrogens with zero attached hydrogens (tertiary/aromatic N) is 1. The molecule has 0 bridgehead atoms. The Morgan fingerprint density at radius 3 is 2.40 bits per heavy atom. The summed E-state index contributed by atoms with van der Waals surface area (Å²) >= 11 is 0. The van der Waals surface area contributed by atoms with E-state index in [0.717, 1.165) is 6.61 Å². The second-order valence-electron chi connectivity index (χ2n) is 5.91. The standard InChI is InChI=1S/C13H24BNO.C2H6.CH5N/c1-13(9-16-3)8-7-10-11(14)5-4-6-12(10)15(13)2;2*1-2/h10-12H,4-9H2,1-3H3;1-2H3;2H2,1H3. The summed E-state index contributed by atoms with van der Waals surface area (Å²) in [4.78, 5) is 2.55. The van der Waals surface area contributed by atoms with Gasteiger partial charge in [0.2, 0.25) is 0 Å². The zero-order valence-electron chi connectivity index (χ0n) is 14.5. The Morgan fingerprint density at radius 2 is 1.85 bits per heavy atom.